The monoisotopic (exact) mass is 261 g/mol. The first-order chi connectivity index (χ1) is 9.11. The molecule has 1 aromatic carbocycles. The second-order valence-corrected chi connectivity index (χ2v) is 5.36. The fourth-order valence-corrected chi connectivity index (χ4v) is 2.30. The van der Waals surface area contributed by atoms with Gasteiger partial charge in [0.15, 0.2) is 5.79 Å². The van der Waals surface area contributed by atoms with Gasteiger partial charge in [-0.2, -0.15) is 0 Å². The van der Waals surface area contributed by atoms with Gasteiger partial charge in [0.1, 0.15) is 0 Å². The summed E-state index contributed by atoms with van der Waals surface area (Å²) < 4.78 is 11.6. The molecule has 1 fully saturated rings. The molecule has 0 amide bonds. The van der Waals surface area contributed by atoms with Gasteiger partial charge in [0.2, 0.25) is 0 Å². The smallest absolute Gasteiger partial charge is 0.163 e. The SMILES string of the molecule is C=CC[C@@H](NCc1ccccc1)[C@H]1COC(C)(C)O1. The van der Waals surface area contributed by atoms with Crippen molar-refractivity contribution in [3.8, 4) is 0 Å². The van der Waals surface area contributed by atoms with Crippen molar-refractivity contribution < 1.29 is 9.47 Å². The molecule has 19 heavy (non-hydrogen) atoms. The first-order valence-corrected chi connectivity index (χ1v) is 6.81. The average molecular weight is 261 g/mol. The van der Waals surface area contributed by atoms with Crippen molar-refractivity contribution >= 4 is 0 Å². The second kappa shape index (κ2) is 6.33. The van der Waals surface area contributed by atoms with E-state index in [-0.39, 0.29) is 12.1 Å². The van der Waals surface area contributed by atoms with Crippen LogP contribution >= 0.6 is 0 Å². The number of ether oxygens (including phenoxy) is 2. The van der Waals surface area contributed by atoms with E-state index in [4.69, 9.17) is 9.47 Å². The van der Waals surface area contributed by atoms with Gasteiger partial charge in [-0.15, -0.1) is 6.58 Å². The molecule has 3 heteroatoms. The van der Waals surface area contributed by atoms with Crippen LogP contribution in [0.5, 0.6) is 0 Å². The molecule has 1 heterocycles. The average Bonchev–Trinajstić information content (AvgIpc) is 2.76. The summed E-state index contributed by atoms with van der Waals surface area (Å²) >= 11 is 0. The molecule has 0 aromatic heterocycles. The minimum absolute atomic E-state index is 0.0803. The molecule has 1 aromatic rings. The number of hydrogen-bond acceptors (Lipinski definition) is 3. The molecule has 0 aliphatic carbocycles. The molecule has 0 radical (unpaired) electrons. The summed E-state index contributed by atoms with van der Waals surface area (Å²) in [4.78, 5) is 0. The van der Waals surface area contributed by atoms with Gasteiger partial charge in [-0.05, 0) is 25.8 Å². The highest BCUT2D eigenvalue weighted by Crippen LogP contribution is 2.25. The quantitative estimate of drug-likeness (QED) is 0.799. The van der Waals surface area contributed by atoms with Gasteiger partial charge in [0.05, 0.1) is 12.7 Å². The molecule has 1 saturated heterocycles. The first kappa shape index (κ1) is 14.3. The van der Waals surface area contributed by atoms with Crippen LogP contribution in [0.4, 0.5) is 0 Å². The molecule has 0 bridgehead atoms. The maximum absolute atomic E-state index is 5.92. The van der Waals surface area contributed by atoms with Crippen molar-refractivity contribution in [2.75, 3.05) is 6.61 Å². The fourth-order valence-electron chi connectivity index (χ4n) is 2.30. The number of rotatable bonds is 6. The van der Waals surface area contributed by atoms with Crippen LogP contribution in [0.1, 0.15) is 25.8 Å². The van der Waals surface area contributed by atoms with Gasteiger partial charge < -0.3 is 14.8 Å². The Labute approximate surface area is 115 Å². The minimum Gasteiger partial charge on any atom is -0.348 e. The predicted octanol–water partition coefficient (Wildman–Crippen LogP) is 2.87. The van der Waals surface area contributed by atoms with Crippen molar-refractivity contribution in [3.63, 3.8) is 0 Å². The van der Waals surface area contributed by atoms with Crippen LogP contribution in [0, 0.1) is 0 Å². The van der Waals surface area contributed by atoms with Gasteiger partial charge in [-0.3, -0.25) is 0 Å². The number of hydrogen-bond donors (Lipinski definition) is 1. The molecule has 1 aliphatic rings. The van der Waals surface area contributed by atoms with Gasteiger partial charge in [-0.25, -0.2) is 0 Å². The van der Waals surface area contributed by atoms with E-state index in [1.807, 2.05) is 26.0 Å². The summed E-state index contributed by atoms with van der Waals surface area (Å²) in [5.74, 6) is -0.474. The Bertz CT molecular complexity index is 402. The Morgan fingerprint density at radius 2 is 2.16 bits per heavy atom. The van der Waals surface area contributed by atoms with Crippen molar-refractivity contribution in [2.24, 2.45) is 0 Å². The van der Waals surface area contributed by atoms with Crippen LogP contribution < -0.4 is 5.32 Å². The maximum atomic E-state index is 5.92. The summed E-state index contributed by atoms with van der Waals surface area (Å²) in [6.07, 6.45) is 2.88. The van der Waals surface area contributed by atoms with Crippen LogP contribution in [-0.4, -0.2) is 24.5 Å². The third-order valence-electron chi connectivity index (χ3n) is 3.31. The Morgan fingerprint density at radius 1 is 1.42 bits per heavy atom. The molecule has 2 atom stereocenters. The summed E-state index contributed by atoms with van der Waals surface area (Å²) in [5, 5.41) is 3.54. The van der Waals surface area contributed by atoms with E-state index < -0.39 is 5.79 Å². The summed E-state index contributed by atoms with van der Waals surface area (Å²) in [5.41, 5.74) is 1.27. The van der Waals surface area contributed by atoms with Gasteiger partial charge in [0.25, 0.3) is 0 Å². The van der Waals surface area contributed by atoms with E-state index in [2.05, 4.69) is 36.2 Å². The zero-order chi connectivity index (χ0) is 13.7. The Morgan fingerprint density at radius 3 is 2.74 bits per heavy atom. The minimum atomic E-state index is -0.474. The molecule has 104 valence electrons. The molecule has 3 nitrogen and oxygen atoms in total. The van der Waals surface area contributed by atoms with E-state index in [1.54, 1.807) is 0 Å². The van der Waals surface area contributed by atoms with Crippen LogP contribution in [0.15, 0.2) is 43.0 Å². The van der Waals surface area contributed by atoms with Crippen molar-refractivity contribution in [3.05, 3.63) is 48.6 Å². The van der Waals surface area contributed by atoms with Crippen molar-refractivity contribution in [1.29, 1.82) is 0 Å². The summed E-state index contributed by atoms with van der Waals surface area (Å²) in [6, 6.07) is 10.6. The van der Waals surface area contributed by atoms with Gasteiger partial charge in [-0.1, -0.05) is 36.4 Å². The highest BCUT2D eigenvalue weighted by molar-refractivity contribution is 5.14. The predicted molar refractivity (Wildman–Crippen MR) is 76.8 cm³/mol. The highest BCUT2D eigenvalue weighted by Gasteiger charge is 2.36. The lowest BCUT2D eigenvalue weighted by Crippen LogP contribution is -2.41. The molecule has 1 aliphatic heterocycles. The highest BCUT2D eigenvalue weighted by atomic mass is 16.7. The molecule has 0 saturated carbocycles. The van der Waals surface area contributed by atoms with E-state index in [9.17, 15) is 0 Å². The van der Waals surface area contributed by atoms with Crippen LogP contribution in [0.2, 0.25) is 0 Å². The lowest BCUT2D eigenvalue weighted by Gasteiger charge is -2.24. The topological polar surface area (TPSA) is 30.5 Å². The van der Waals surface area contributed by atoms with Crippen LogP contribution in [0.3, 0.4) is 0 Å². The van der Waals surface area contributed by atoms with E-state index in [0.717, 1.165) is 13.0 Å². The lowest BCUT2D eigenvalue weighted by atomic mass is 10.1. The maximum Gasteiger partial charge on any atom is 0.163 e. The molecule has 2 rings (SSSR count). The van der Waals surface area contributed by atoms with E-state index in [0.29, 0.717) is 6.61 Å². The number of nitrogens with one attached hydrogen (secondary N) is 1. The summed E-state index contributed by atoms with van der Waals surface area (Å²) in [7, 11) is 0. The largest absolute Gasteiger partial charge is 0.348 e. The van der Waals surface area contributed by atoms with Crippen molar-refractivity contribution in [2.45, 2.75) is 44.7 Å². The first-order valence-electron chi connectivity index (χ1n) is 6.81. The third kappa shape index (κ3) is 4.16. The molecule has 0 spiro atoms. The summed E-state index contributed by atoms with van der Waals surface area (Å²) in [6.45, 7) is 9.20. The third-order valence-corrected chi connectivity index (χ3v) is 3.31. The van der Waals surface area contributed by atoms with E-state index >= 15 is 0 Å². The zero-order valence-electron chi connectivity index (χ0n) is 11.8. The standard InChI is InChI=1S/C16H23NO2/c1-4-8-14(15-12-18-16(2,3)19-15)17-11-13-9-6-5-7-10-13/h4-7,9-10,14-15,17H,1,8,11-12H2,2-3H3/t14-,15-/m1/s1. The van der Waals surface area contributed by atoms with Gasteiger partial charge >= 0.3 is 0 Å². The Hall–Kier alpha value is -1.16. The molecular formula is C16H23NO2. The van der Waals surface area contributed by atoms with E-state index in [1.165, 1.54) is 5.56 Å². The zero-order valence-corrected chi connectivity index (χ0v) is 11.8. The fraction of sp³-hybridized carbons (Fsp3) is 0.500. The normalized spacial score (nSPS) is 23.2. The Balaban J connectivity index is 1.91. The van der Waals surface area contributed by atoms with Crippen molar-refractivity contribution in [1.82, 2.24) is 5.32 Å². The van der Waals surface area contributed by atoms with Gasteiger partial charge in [0, 0.05) is 12.6 Å². The second-order valence-electron chi connectivity index (χ2n) is 5.36. The molecular weight excluding hydrogens is 238 g/mol. The molecule has 1 N–H and O–H groups in total. The Kier molecular flexibility index (Phi) is 4.75. The van der Waals surface area contributed by atoms with Crippen LogP contribution in [0.25, 0.3) is 0 Å². The van der Waals surface area contributed by atoms with Crippen LogP contribution in [-0.2, 0) is 16.0 Å². The lowest BCUT2D eigenvalue weighted by molar-refractivity contribution is -0.141. The molecule has 0 unspecified atom stereocenters. The number of benzene rings is 1.